The average molecular weight is 305 g/mol. The first-order chi connectivity index (χ1) is 5.43. The predicted molar refractivity (Wildman–Crippen MR) is 49.3 cm³/mol. The lowest BCUT2D eigenvalue weighted by molar-refractivity contribution is -0.138. The summed E-state index contributed by atoms with van der Waals surface area (Å²) in [4.78, 5) is 2.34. The van der Waals surface area contributed by atoms with E-state index in [4.69, 9.17) is 0 Å². The molecule has 1 nitrogen and oxygen atoms in total. The fourth-order valence-corrected chi connectivity index (χ4v) is 1.95. The van der Waals surface area contributed by atoms with Gasteiger partial charge in [-0.15, -0.1) is 0 Å². The summed E-state index contributed by atoms with van der Waals surface area (Å²) in [7, 11) is 0. The molecule has 0 saturated heterocycles. The Hall–Kier alpha value is -0.110. The van der Waals surface area contributed by atoms with E-state index in [0.717, 1.165) is 0 Å². The van der Waals surface area contributed by atoms with Crippen LogP contribution >= 0.6 is 34.8 Å². The van der Waals surface area contributed by atoms with Crippen LogP contribution < -0.4 is 0 Å². The van der Waals surface area contributed by atoms with Crippen LogP contribution in [-0.2, 0) is 6.18 Å². The summed E-state index contributed by atoms with van der Waals surface area (Å²) in [5.74, 6) is 0. The highest BCUT2D eigenvalue weighted by molar-refractivity contribution is 14.1. The molecule has 0 aliphatic rings. The summed E-state index contributed by atoms with van der Waals surface area (Å²) in [6.07, 6.45) is -2.98. The Morgan fingerprint density at radius 2 is 2.00 bits per heavy atom. The third-order valence-corrected chi connectivity index (χ3v) is 2.41. The quantitative estimate of drug-likeness (QED) is 0.574. The Balaban J connectivity index is 3.42. The van der Waals surface area contributed by atoms with Gasteiger partial charge in [-0.3, -0.25) is 0 Å². The summed E-state index contributed by atoms with van der Waals surface area (Å²) in [5, 5.41) is 0. The standard InChI is InChI=1S/C6H3F3INS/c7-6(8,9)4-3(10)1-2-11-5(4)12/h1-2H,(H,11,12). The Bertz CT molecular complexity index is 343. The van der Waals surface area contributed by atoms with Crippen molar-refractivity contribution in [1.29, 1.82) is 0 Å². The van der Waals surface area contributed by atoms with Gasteiger partial charge in [-0.1, -0.05) is 12.2 Å². The van der Waals surface area contributed by atoms with Crippen LogP contribution in [0.5, 0.6) is 0 Å². The number of nitrogens with one attached hydrogen (secondary N) is 1. The Morgan fingerprint density at radius 1 is 1.42 bits per heavy atom. The molecule has 0 aliphatic carbocycles. The lowest BCUT2D eigenvalue weighted by Gasteiger charge is -2.07. The van der Waals surface area contributed by atoms with Gasteiger partial charge in [-0.2, -0.15) is 13.2 Å². The third-order valence-electron chi connectivity index (χ3n) is 1.19. The van der Waals surface area contributed by atoms with Crippen molar-refractivity contribution in [1.82, 2.24) is 4.98 Å². The van der Waals surface area contributed by atoms with E-state index in [-0.39, 0.29) is 8.21 Å². The van der Waals surface area contributed by atoms with E-state index in [0.29, 0.717) is 0 Å². The SMILES string of the molecule is FC(F)(F)c1c(I)cc[nH]c1=S. The molecule has 0 radical (unpaired) electrons. The van der Waals surface area contributed by atoms with Gasteiger partial charge in [-0.05, 0) is 28.7 Å². The van der Waals surface area contributed by atoms with Crippen molar-refractivity contribution in [2.75, 3.05) is 0 Å². The highest BCUT2D eigenvalue weighted by Gasteiger charge is 2.34. The van der Waals surface area contributed by atoms with Crippen LogP contribution in [0.25, 0.3) is 0 Å². The van der Waals surface area contributed by atoms with Crippen molar-refractivity contribution < 1.29 is 13.2 Å². The second kappa shape index (κ2) is 3.33. The smallest absolute Gasteiger partial charge is 0.352 e. The van der Waals surface area contributed by atoms with Gasteiger partial charge >= 0.3 is 6.18 Å². The van der Waals surface area contributed by atoms with Crippen LogP contribution in [0.15, 0.2) is 12.3 Å². The normalized spacial score (nSPS) is 11.7. The van der Waals surface area contributed by atoms with Crippen molar-refractivity contribution in [3.05, 3.63) is 26.0 Å². The Kier molecular flexibility index (Phi) is 2.77. The molecule has 66 valence electrons. The van der Waals surface area contributed by atoms with Crippen molar-refractivity contribution in [3.8, 4) is 0 Å². The van der Waals surface area contributed by atoms with Gasteiger partial charge in [0, 0.05) is 9.77 Å². The molecular formula is C6H3F3INS. The Morgan fingerprint density at radius 3 is 2.33 bits per heavy atom. The summed E-state index contributed by atoms with van der Waals surface area (Å²) >= 11 is 6.11. The molecule has 0 aliphatic heterocycles. The number of aromatic nitrogens is 1. The molecule has 0 aromatic carbocycles. The Labute approximate surface area is 85.1 Å². The minimum atomic E-state index is -4.37. The molecule has 0 fully saturated rings. The van der Waals surface area contributed by atoms with Crippen LogP contribution in [0.3, 0.4) is 0 Å². The lowest BCUT2D eigenvalue weighted by Crippen LogP contribution is -2.09. The number of pyridine rings is 1. The van der Waals surface area contributed by atoms with E-state index in [1.54, 1.807) is 22.6 Å². The van der Waals surface area contributed by atoms with Gasteiger partial charge in [0.05, 0.1) is 0 Å². The molecular weight excluding hydrogens is 302 g/mol. The maximum atomic E-state index is 12.2. The fraction of sp³-hybridized carbons (Fsp3) is 0.167. The summed E-state index contributed by atoms with van der Waals surface area (Å²) in [6.45, 7) is 0. The summed E-state index contributed by atoms with van der Waals surface area (Å²) in [5.41, 5.74) is -0.763. The maximum absolute atomic E-state index is 12.2. The average Bonchev–Trinajstić information content (AvgIpc) is 1.82. The molecule has 0 atom stereocenters. The highest BCUT2D eigenvalue weighted by Crippen LogP contribution is 2.32. The summed E-state index contributed by atoms with van der Waals surface area (Å²) < 4.78 is 36.5. The minimum Gasteiger partial charge on any atom is -0.352 e. The monoisotopic (exact) mass is 305 g/mol. The first kappa shape index (κ1) is 9.97. The molecule has 1 aromatic heterocycles. The molecule has 1 N–H and O–H groups in total. The fourth-order valence-electron chi connectivity index (χ4n) is 0.719. The molecule has 6 heteroatoms. The molecule has 1 rings (SSSR count). The second-order valence-corrected chi connectivity index (χ2v) is 3.60. The first-order valence-corrected chi connectivity index (χ1v) is 4.36. The van der Waals surface area contributed by atoms with E-state index in [1.165, 1.54) is 12.3 Å². The van der Waals surface area contributed by atoms with Crippen LogP contribution in [-0.4, -0.2) is 4.98 Å². The van der Waals surface area contributed by atoms with Gasteiger partial charge < -0.3 is 4.98 Å². The van der Waals surface area contributed by atoms with E-state index < -0.39 is 11.7 Å². The van der Waals surface area contributed by atoms with Gasteiger partial charge in [0.2, 0.25) is 0 Å². The largest absolute Gasteiger partial charge is 0.420 e. The van der Waals surface area contributed by atoms with E-state index >= 15 is 0 Å². The number of hydrogen-bond acceptors (Lipinski definition) is 1. The number of hydrogen-bond donors (Lipinski definition) is 1. The molecule has 0 spiro atoms. The minimum absolute atomic E-state index is 0.115. The van der Waals surface area contributed by atoms with Crippen LogP contribution in [0.1, 0.15) is 5.56 Å². The number of alkyl halides is 3. The molecule has 12 heavy (non-hydrogen) atoms. The molecule has 0 amide bonds. The molecule has 1 heterocycles. The molecule has 0 saturated carbocycles. The van der Waals surface area contributed by atoms with Gasteiger partial charge in [-0.25, -0.2) is 0 Å². The molecule has 0 bridgehead atoms. The molecule has 1 aromatic rings. The first-order valence-electron chi connectivity index (χ1n) is 2.87. The van der Waals surface area contributed by atoms with Crippen molar-refractivity contribution in [3.63, 3.8) is 0 Å². The van der Waals surface area contributed by atoms with Crippen molar-refractivity contribution in [2.45, 2.75) is 6.18 Å². The zero-order chi connectivity index (χ0) is 9.35. The number of H-pyrrole nitrogens is 1. The topological polar surface area (TPSA) is 15.8 Å². The second-order valence-electron chi connectivity index (χ2n) is 2.03. The van der Waals surface area contributed by atoms with E-state index in [1.807, 2.05) is 0 Å². The number of rotatable bonds is 0. The van der Waals surface area contributed by atoms with Crippen LogP contribution in [0, 0.1) is 8.21 Å². The van der Waals surface area contributed by atoms with E-state index in [9.17, 15) is 13.2 Å². The maximum Gasteiger partial charge on any atom is 0.420 e. The third kappa shape index (κ3) is 1.98. The van der Waals surface area contributed by atoms with Gasteiger partial charge in [0.1, 0.15) is 10.2 Å². The highest BCUT2D eigenvalue weighted by atomic mass is 127. The molecule has 0 unspecified atom stereocenters. The van der Waals surface area contributed by atoms with Gasteiger partial charge in [0.15, 0.2) is 0 Å². The summed E-state index contributed by atoms with van der Waals surface area (Å²) in [6, 6.07) is 1.33. The zero-order valence-corrected chi connectivity index (χ0v) is 8.55. The van der Waals surface area contributed by atoms with Crippen molar-refractivity contribution >= 4 is 34.8 Å². The zero-order valence-electron chi connectivity index (χ0n) is 5.57. The van der Waals surface area contributed by atoms with Crippen LogP contribution in [0.4, 0.5) is 13.2 Å². The predicted octanol–water partition coefficient (Wildman–Crippen LogP) is 3.37. The number of halogens is 4. The van der Waals surface area contributed by atoms with E-state index in [2.05, 4.69) is 17.2 Å². The van der Waals surface area contributed by atoms with Gasteiger partial charge in [0.25, 0.3) is 0 Å². The number of aromatic amines is 1. The van der Waals surface area contributed by atoms with Crippen molar-refractivity contribution in [2.24, 2.45) is 0 Å². The lowest BCUT2D eigenvalue weighted by atomic mass is 10.3. The van der Waals surface area contributed by atoms with Crippen LogP contribution in [0.2, 0.25) is 0 Å².